The maximum absolute atomic E-state index is 12.4. The summed E-state index contributed by atoms with van der Waals surface area (Å²) in [4.78, 5) is 13.5. The fraction of sp³-hybridized carbons (Fsp3) is 0.412. The van der Waals surface area contributed by atoms with Crippen LogP contribution >= 0.6 is 11.8 Å². The van der Waals surface area contributed by atoms with E-state index in [2.05, 4.69) is 10.4 Å². The minimum Gasteiger partial charge on any atom is -0.383 e. The number of hydrogen-bond donors (Lipinski definition) is 2. The highest BCUT2D eigenvalue weighted by molar-refractivity contribution is 8.00. The predicted octanol–water partition coefficient (Wildman–Crippen LogP) is 2.31. The summed E-state index contributed by atoms with van der Waals surface area (Å²) < 4.78 is 1.63. The first-order valence-electron chi connectivity index (χ1n) is 7.63. The number of aryl methyl sites for hydroxylation is 1. The number of thioether (sulfide) groups is 1. The minimum absolute atomic E-state index is 0.0643. The highest BCUT2D eigenvalue weighted by Gasteiger charge is 2.27. The SMILES string of the molecule is CCC(Sc1ccccc1)C(=O)NCC(C)(O)c1cnn(C)c1. The van der Waals surface area contributed by atoms with Crippen molar-refractivity contribution in [1.29, 1.82) is 0 Å². The first-order chi connectivity index (χ1) is 10.9. The molecule has 0 aliphatic carbocycles. The summed E-state index contributed by atoms with van der Waals surface area (Å²) in [6, 6.07) is 9.86. The van der Waals surface area contributed by atoms with E-state index in [4.69, 9.17) is 0 Å². The van der Waals surface area contributed by atoms with Crippen molar-refractivity contribution in [2.75, 3.05) is 6.54 Å². The van der Waals surface area contributed by atoms with Crippen LogP contribution in [0.1, 0.15) is 25.8 Å². The quantitative estimate of drug-likeness (QED) is 0.763. The number of amides is 1. The second kappa shape index (κ2) is 7.66. The van der Waals surface area contributed by atoms with Crippen LogP contribution in [0.2, 0.25) is 0 Å². The third-order valence-corrected chi connectivity index (χ3v) is 4.99. The normalized spacial score (nSPS) is 15.0. The van der Waals surface area contributed by atoms with Crippen molar-refractivity contribution in [2.24, 2.45) is 7.05 Å². The average Bonchev–Trinajstić information content (AvgIpc) is 2.99. The number of aromatic nitrogens is 2. The lowest BCUT2D eigenvalue weighted by Gasteiger charge is -2.24. The van der Waals surface area contributed by atoms with Crippen LogP contribution in [-0.2, 0) is 17.4 Å². The molecule has 1 aromatic carbocycles. The Balaban J connectivity index is 1.94. The third kappa shape index (κ3) is 4.84. The first kappa shape index (κ1) is 17.6. The van der Waals surface area contributed by atoms with E-state index in [0.717, 1.165) is 11.3 Å². The van der Waals surface area contributed by atoms with Crippen LogP contribution in [0, 0.1) is 0 Å². The van der Waals surface area contributed by atoms with Gasteiger partial charge in [-0.3, -0.25) is 9.48 Å². The van der Waals surface area contributed by atoms with Gasteiger partial charge in [-0.1, -0.05) is 25.1 Å². The van der Waals surface area contributed by atoms with E-state index in [0.29, 0.717) is 5.56 Å². The maximum Gasteiger partial charge on any atom is 0.233 e. The Bertz CT molecular complexity index is 640. The van der Waals surface area contributed by atoms with E-state index in [-0.39, 0.29) is 17.7 Å². The number of carbonyl (C=O) groups is 1. The van der Waals surface area contributed by atoms with Gasteiger partial charge in [-0.25, -0.2) is 0 Å². The summed E-state index contributed by atoms with van der Waals surface area (Å²) in [6.45, 7) is 3.82. The topological polar surface area (TPSA) is 67.2 Å². The minimum atomic E-state index is -1.14. The van der Waals surface area contributed by atoms with Crippen molar-refractivity contribution in [3.8, 4) is 0 Å². The first-order valence-corrected chi connectivity index (χ1v) is 8.51. The summed E-state index contributed by atoms with van der Waals surface area (Å²) in [5.41, 5.74) is -0.455. The molecule has 0 saturated heterocycles. The van der Waals surface area contributed by atoms with Gasteiger partial charge in [0, 0.05) is 23.7 Å². The summed E-state index contributed by atoms with van der Waals surface area (Å²) in [5, 5.41) is 17.3. The predicted molar refractivity (Wildman–Crippen MR) is 92.2 cm³/mol. The molecule has 1 amide bonds. The van der Waals surface area contributed by atoms with Crippen LogP contribution in [0.3, 0.4) is 0 Å². The summed E-state index contributed by atoms with van der Waals surface area (Å²) in [5.74, 6) is -0.0643. The second-order valence-corrected chi connectivity index (χ2v) is 7.00. The zero-order chi connectivity index (χ0) is 16.9. The van der Waals surface area contributed by atoms with E-state index < -0.39 is 5.60 Å². The van der Waals surface area contributed by atoms with Crippen molar-refractivity contribution in [2.45, 2.75) is 36.0 Å². The van der Waals surface area contributed by atoms with Gasteiger partial charge < -0.3 is 10.4 Å². The van der Waals surface area contributed by atoms with Crippen molar-refractivity contribution >= 4 is 17.7 Å². The standard InChI is InChI=1S/C17H23N3O2S/c1-4-15(23-14-8-6-5-7-9-14)16(21)18-12-17(2,22)13-10-19-20(3)11-13/h5-11,15,22H,4,12H2,1-3H3,(H,18,21). The van der Waals surface area contributed by atoms with Gasteiger partial charge in [-0.2, -0.15) is 5.10 Å². The second-order valence-electron chi connectivity index (χ2n) is 5.72. The van der Waals surface area contributed by atoms with E-state index >= 15 is 0 Å². The largest absolute Gasteiger partial charge is 0.383 e. The molecule has 5 nitrogen and oxygen atoms in total. The van der Waals surface area contributed by atoms with Crippen molar-refractivity contribution in [3.63, 3.8) is 0 Å². The molecule has 1 aromatic heterocycles. The summed E-state index contributed by atoms with van der Waals surface area (Å²) in [7, 11) is 1.79. The molecule has 0 bridgehead atoms. The molecule has 2 atom stereocenters. The highest BCUT2D eigenvalue weighted by Crippen LogP contribution is 2.25. The molecule has 6 heteroatoms. The Morgan fingerprint density at radius 2 is 2.13 bits per heavy atom. The number of nitrogens with zero attached hydrogens (tertiary/aromatic N) is 2. The molecule has 2 rings (SSSR count). The molecule has 0 aliphatic heterocycles. The van der Waals surface area contributed by atoms with Crippen LogP contribution in [-0.4, -0.2) is 32.6 Å². The number of carbonyl (C=O) groups excluding carboxylic acids is 1. The van der Waals surface area contributed by atoms with Crippen molar-refractivity contribution in [3.05, 3.63) is 48.3 Å². The van der Waals surface area contributed by atoms with Crippen molar-refractivity contribution < 1.29 is 9.90 Å². The lowest BCUT2D eigenvalue weighted by Crippen LogP contribution is -2.41. The monoisotopic (exact) mass is 333 g/mol. The average molecular weight is 333 g/mol. The van der Waals surface area contributed by atoms with E-state index in [1.54, 1.807) is 31.0 Å². The lowest BCUT2D eigenvalue weighted by molar-refractivity contribution is -0.121. The fourth-order valence-electron chi connectivity index (χ4n) is 2.16. The Kier molecular flexibility index (Phi) is 5.85. The number of aliphatic hydroxyl groups is 1. The molecule has 2 N–H and O–H groups in total. The zero-order valence-electron chi connectivity index (χ0n) is 13.7. The van der Waals surface area contributed by atoms with Crippen molar-refractivity contribution in [1.82, 2.24) is 15.1 Å². The van der Waals surface area contributed by atoms with E-state index in [9.17, 15) is 9.90 Å². The van der Waals surface area contributed by atoms with E-state index in [1.165, 1.54) is 11.8 Å². The summed E-state index contributed by atoms with van der Waals surface area (Å²) in [6.07, 6.45) is 4.09. The van der Waals surface area contributed by atoms with Crippen LogP contribution in [0.4, 0.5) is 0 Å². The molecular formula is C17H23N3O2S. The van der Waals surface area contributed by atoms with Gasteiger partial charge in [0.2, 0.25) is 5.91 Å². The molecule has 2 aromatic rings. The van der Waals surface area contributed by atoms with Crippen LogP contribution in [0.5, 0.6) is 0 Å². The Morgan fingerprint density at radius 3 is 2.70 bits per heavy atom. The molecule has 0 radical (unpaired) electrons. The van der Waals surface area contributed by atoms with Gasteiger partial charge >= 0.3 is 0 Å². The van der Waals surface area contributed by atoms with Crippen LogP contribution in [0.25, 0.3) is 0 Å². The molecule has 1 heterocycles. The van der Waals surface area contributed by atoms with Gasteiger partial charge in [0.15, 0.2) is 0 Å². The summed E-state index contributed by atoms with van der Waals surface area (Å²) >= 11 is 1.54. The number of hydrogen-bond acceptors (Lipinski definition) is 4. The molecule has 0 saturated carbocycles. The number of nitrogens with one attached hydrogen (secondary N) is 1. The fourth-order valence-corrected chi connectivity index (χ4v) is 3.16. The van der Waals surface area contributed by atoms with Gasteiger partial charge in [-0.05, 0) is 25.5 Å². The smallest absolute Gasteiger partial charge is 0.233 e. The van der Waals surface area contributed by atoms with Gasteiger partial charge in [-0.15, -0.1) is 11.8 Å². The van der Waals surface area contributed by atoms with E-state index in [1.807, 2.05) is 37.3 Å². The highest BCUT2D eigenvalue weighted by atomic mass is 32.2. The lowest BCUT2D eigenvalue weighted by atomic mass is 10.00. The van der Waals surface area contributed by atoms with Crippen LogP contribution < -0.4 is 5.32 Å². The Hall–Kier alpha value is -1.79. The molecule has 0 spiro atoms. The molecular weight excluding hydrogens is 310 g/mol. The molecule has 0 fully saturated rings. The van der Waals surface area contributed by atoms with Gasteiger partial charge in [0.05, 0.1) is 18.0 Å². The Morgan fingerprint density at radius 1 is 1.43 bits per heavy atom. The van der Waals surface area contributed by atoms with Gasteiger partial charge in [0.25, 0.3) is 0 Å². The number of benzene rings is 1. The number of rotatable bonds is 7. The molecule has 23 heavy (non-hydrogen) atoms. The van der Waals surface area contributed by atoms with Crippen LogP contribution in [0.15, 0.2) is 47.6 Å². The third-order valence-electron chi connectivity index (χ3n) is 3.62. The maximum atomic E-state index is 12.4. The molecule has 2 unspecified atom stereocenters. The van der Waals surface area contributed by atoms with Gasteiger partial charge in [0.1, 0.15) is 5.60 Å². The Labute approximate surface area is 141 Å². The molecule has 0 aliphatic rings. The zero-order valence-corrected chi connectivity index (χ0v) is 14.5. The molecule has 124 valence electrons.